The summed E-state index contributed by atoms with van der Waals surface area (Å²) in [6, 6.07) is 5.27. The van der Waals surface area contributed by atoms with Crippen molar-refractivity contribution in [3.63, 3.8) is 0 Å². The molecule has 0 aliphatic heterocycles. The van der Waals surface area contributed by atoms with Crippen molar-refractivity contribution in [2.45, 2.75) is 38.1 Å². The molecule has 1 aliphatic carbocycles. The van der Waals surface area contributed by atoms with Crippen molar-refractivity contribution in [1.29, 1.82) is 0 Å². The number of nitro benzene ring substituents is 1. The van der Waals surface area contributed by atoms with E-state index in [1.165, 1.54) is 18.2 Å². The Morgan fingerprint density at radius 1 is 1.20 bits per heavy atom. The van der Waals surface area contributed by atoms with Gasteiger partial charge >= 0.3 is 0 Å². The molecule has 1 aliphatic rings. The number of carbonyl (C=O) groups is 2. The van der Waals surface area contributed by atoms with E-state index in [0.717, 1.165) is 38.2 Å². The molecule has 1 amide bonds. The van der Waals surface area contributed by atoms with E-state index in [-0.39, 0.29) is 17.3 Å². The van der Waals surface area contributed by atoms with E-state index in [0.29, 0.717) is 0 Å². The highest BCUT2D eigenvalue weighted by Crippen LogP contribution is 2.18. The first-order chi connectivity index (χ1) is 9.58. The Hall–Kier alpha value is -2.24. The van der Waals surface area contributed by atoms with Crippen molar-refractivity contribution < 1.29 is 14.5 Å². The summed E-state index contributed by atoms with van der Waals surface area (Å²) in [4.78, 5) is 33.9. The summed E-state index contributed by atoms with van der Waals surface area (Å²) >= 11 is 0. The van der Waals surface area contributed by atoms with Crippen LogP contribution in [0.15, 0.2) is 24.3 Å². The van der Waals surface area contributed by atoms with Gasteiger partial charge in [0.2, 0.25) is 5.78 Å². The number of ketones is 1. The van der Waals surface area contributed by atoms with Crippen LogP contribution >= 0.6 is 0 Å². The number of nitrogens with zero attached hydrogens (tertiary/aromatic N) is 1. The molecule has 20 heavy (non-hydrogen) atoms. The molecule has 0 atom stereocenters. The summed E-state index contributed by atoms with van der Waals surface area (Å²) in [6.07, 6.45) is 5.03. The largest absolute Gasteiger partial charge is 0.346 e. The average Bonchev–Trinajstić information content (AvgIpc) is 2.47. The van der Waals surface area contributed by atoms with Gasteiger partial charge in [0.25, 0.3) is 11.6 Å². The van der Waals surface area contributed by atoms with E-state index in [9.17, 15) is 19.7 Å². The number of non-ortho nitro benzene ring substituents is 1. The lowest BCUT2D eigenvalue weighted by atomic mass is 9.95. The molecule has 0 heterocycles. The molecule has 1 aromatic rings. The van der Waals surface area contributed by atoms with Gasteiger partial charge < -0.3 is 5.32 Å². The fourth-order valence-corrected chi connectivity index (χ4v) is 2.39. The van der Waals surface area contributed by atoms with Crippen LogP contribution in [-0.2, 0) is 4.79 Å². The van der Waals surface area contributed by atoms with Crippen molar-refractivity contribution in [3.8, 4) is 0 Å². The van der Waals surface area contributed by atoms with Crippen molar-refractivity contribution in [1.82, 2.24) is 5.32 Å². The standard InChI is InChI=1S/C14H16N2O4/c17-13(10-5-4-8-12(9-10)16(19)20)14(18)15-11-6-2-1-3-7-11/h4-5,8-9,11H,1-3,6-7H2,(H,15,18). The van der Waals surface area contributed by atoms with Crippen LogP contribution in [0.4, 0.5) is 5.69 Å². The zero-order valence-electron chi connectivity index (χ0n) is 11.0. The van der Waals surface area contributed by atoms with Gasteiger partial charge in [-0.25, -0.2) is 0 Å². The Labute approximate surface area is 116 Å². The molecule has 0 spiro atoms. The van der Waals surface area contributed by atoms with Crippen LogP contribution in [0.2, 0.25) is 0 Å². The van der Waals surface area contributed by atoms with Crippen molar-refractivity contribution in [2.75, 3.05) is 0 Å². The van der Waals surface area contributed by atoms with Crippen LogP contribution in [0.3, 0.4) is 0 Å². The Morgan fingerprint density at radius 2 is 1.90 bits per heavy atom. The molecular formula is C14H16N2O4. The number of nitro groups is 1. The quantitative estimate of drug-likeness (QED) is 0.395. The number of amides is 1. The highest BCUT2D eigenvalue weighted by molar-refractivity contribution is 6.42. The average molecular weight is 276 g/mol. The number of hydrogen-bond acceptors (Lipinski definition) is 4. The van der Waals surface area contributed by atoms with Crippen molar-refractivity contribution in [2.24, 2.45) is 0 Å². The lowest BCUT2D eigenvalue weighted by molar-refractivity contribution is -0.384. The minimum Gasteiger partial charge on any atom is -0.346 e. The SMILES string of the molecule is O=C(NC1CCCCC1)C(=O)c1cccc([N+](=O)[O-])c1. The third-order valence-corrected chi connectivity index (χ3v) is 3.47. The van der Waals surface area contributed by atoms with E-state index in [2.05, 4.69) is 5.32 Å². The molecule has 6 heteroatoms. The zero-order valence-corrected chi connectivity index (χ0v) is 11.0. The van der Waals surface area contributed by atoms with Crippen LogP contribution in [0.25, 0.3) is 0 Å². The summed E-state index contributed by atoms with van der Waals surface area (Å²) < 4.78 is 0. The predicted molar refractivity (Wildman–Crippen MR) is 72.4 cm³/mol. The second-order valence-electron chi connectivity index (χ2n) is 4.94. The number of nitrogens with one attached hydrogen (secondary N) is 1. The first-order valence-electron chi connectivity index (χ1n) is 6.67. The van der Waals surface area contributed by atoms with Gasteiger partial charge in [0, 0.05) is 23.7 Å². The Kier molecular flexibility index (Phi) is 4.45. The smallest absolute Gasteiger partial charge is 0.292 e. The Bertz CT molecular complexity index is 536. The number of carbonyl (C=O) groups excluding carboxylic acids is 2. The maximum Gasteiger partial charge on any atom is 0.292 e. The molecule has 2 rings (SSSR count). The molecular weight excluding hydrogens is 260 g/mol. The lowest BCUT2D eigenvalue weighted by Gasteiger charge is -2.22. The molecule has 1 N–H and O–H groups in total. The van der Waals surface area contributed by atoms with E-state index < -0.39 is 16.6 Å². The van der Waals surface area contributed by atoms with Crippen LogP contribution in [0, 0.1) is 10.1 Å². The second-order valence-corrected chi connectivity index (χ2v) is 4.94. The first kappa shape index (κ1) is 14.2. The number of hydrogen-bond donors (Lipinski definition) is 1. The molecule has 106 valence electrons. The fraction of sp³-hybridized carbons (Fsp3) is 0.429. The third-order valence-electron chi connectivity index (χ3n) is 3.47. The molecule has 0 unspecified atom stereocenters. The van der Waals surface area contributed by atoms with E-state index in [1.54, 1.807) is 0 Å². The minimum absolute atomic E-state index is 0.0406. The van der Waals surface area contributed by atoms with Gasteiger partial charge in [-0.3, -0.25) is 19.7 Å². The molecule has 0 saturated heterocycles. The highest BCUT2D eigenvalue weighted by atomic mass is 16.6. The summed E-state index contributed by atoms with van der Waals surface area (Å²) in [5.74, 6) is -1.41. The first-order valence-corrected chi connectivity index (χ1v) is 6.67. The number of Topliss-reactive ketones (excluding diaryl/α,β-unsaturated/α-hetero) is 1. The molecule has 1 aromatic carbocycles. The second kappa shape index (κ2) is 6.27. The van der Waals surface area contributed by atoms with Gasteiger partial charge in [0.15, 0.2) is 0 Å². The zero-order chi connectivity index (χ0) is 14.5. The summed E-state index contributed by atoms with van der Waals surface area (Å²) in [5, 5.41) is 13.4. The van der Waals surface area contributed by atoms with Crippen LogP contribution < -0.4 is 5.32 Å². The fourth-order valence-electron chi connectivity index (χ4n) is 2.39. The van der Waals surface area contributed by atoms with E-state index >= 15 is 0 Å². The summed E-state index contributed by atoms with van der Waals surface area (Å²) in [6.45, 7) is 0. The van der Waals surface area contributed by atoms with Crippen LogP contribution in [-0.4, -0.2) is 22.7 Å². The Balaban J connectivity index is 2.04. The minimum atomic E-state index is -0.723. The Morgan fingerprint density at radius 3 is 2.55 bits per heavy atom. The molecule has 0 radical (unpaired) electrons. The number of benzene rings is 1. The normalized spacial score (nSPS) is 15.6. The monoisotopic (exact) mass is 276 g/mol. The lowest BCUT2D eigenvalue weighted by Crippen LogP contribution is -2.40. The van der Waals surface area contributed by atoms with Gasteiger partial charge in [-0.15, -0.1) is 0 Å². The molecule has 1 saturated carbocycles. The van der Waals surface area contributed by atoms with Crippen LogP contribution in [0.5, 0.6) is 0 Å². The number of rotatable bonds is 4. The maximum absolute atomic E-state index is 12.0. The van der Waals surface area contributed by atoms with E-state index in [1.807, 2.05) is 0 Å². The molecule has 0 bridgehead atoms. The van der Waals surface area contributed by atoms with Gasteiger partial charge in [-0.2, -0.15) is 0 Å². The third kappa shape index (κ3) is 3.40. The maximum atomic E-state index is 12.0. The summed E-state index contributed by atoms with van der Waals surface area (Å²) in [5.41, 5.74) is -0.145. The van der Waals surface area contributed by atoms with Crippen LogP contribution in [0.1, 0.15) is 42.5 Å². The van der Waals surface area contributed by atoms with Gasteiger partial charge in [-0.1, -0.05) is 31.4 Å². The molecule has 0 aromatic heterocycles. The van der Waals surface area contributed by atoms with Gasteiger partial charge in [0.1, 0.15) is 0 Å². The van der Waals surface area contributed by atoms with Crippen molar-refractivity contribution >= 4 is 17.4 Å². The topological polar surface area (TPSA) is 89.3 Å². The van der Waals surface area contributed by atoms with Gasteiger partial charge in [-0.05, 0) is 12.8 Å². The highest BCUT2D eigenvalue weighted by Gasteiger charge is 2.22. The van der Waals surface area contributed by atoms with Crippen molar-refractivity contribution in [3.05, 3.63) is 39.9 Å². The summed E-state index contributed by atoms with van der Waals surface area (Å²) in [7, 11) is 0. The van der Waals surface area contributed by atoms with Gasteiger partial charge in [0.05, 0.1) is 4.92 Å². The molecule has 6 nitrogen and oxygen atoms in total. The predicted octanol–water partition coefficient (Wildman–Crippen LogP) is 2.23. The molecule has 1 fully saturated rings. The van der Waals surface area contributed by atoms with E-state index in [4.69, 9.17) is 0 Å².